The number of halogens is 1. The first-order valence-corrected chi connectivity index (χ1v) is 9.77. The van der Waals surface area contributed by atoms with Crippen LogP contribution in [0.1, 0.15) is 31.0 Å². The molecule has 1 amide bonds. The molecular weight excluding hydrogens is 433 g/mol. The van der Waals surface area contributed by atoms with Crippen molar-refractivity contribution in [3.63, 3.8) is 0 Å². The Morgan fingerprint density at radius 3 is 2.71 bits per heavy atom. The summed E-state index contributed by atoms with van der Waals surface area (Å²) in [4.78, 5) is 16.5. The number of pyridine rings is 1. The van der Waals surface area contributed by atoms with Crippen molar-refractivity contribution in [3.8, 4) is 6.07 Å². The second-order valence-electron chi connectivity index (χ2n) is 5.17. The van der Waals surface area contributed by atoms with Gasteiger partial charge in [0.15, 0.2) is 0 Å². The molecular formula is C18H18IN3OS. The number of benzene rings is 1. The predicted octanol–water partition coefficient (Wildman–Crippen LogP) is 4.63. The van der Waals surface area contributed by atoms with Crippen LogP contribution in [-0.2, 0) is 11.2 Å². The van der Waals surface area contributed by atoms with E-state index in [0.29, 0.717) is 22.8 Å². The lowest BCUT2D eigenvalue weighted by Gasteiger charge is -2.07. The Bertz CT molecular complexity index is 741. The number of amides is 1. The van der Waals surface area contributed by atoms with E-state index in [1.807, 2.05) is 36.4 Å². The number of carbonyl (C=O) groups is 1. The lowest BCUT2D eigenvalue weighted by molar-refractivity contribution is -0.115. The molecule has 6 heteroatoms. The topological polar surface area (TPSA) is 65.8 Å². The number of rotatable bonds is 7. The van der Waals surface area contributed by atoms with Gasteiger partial charge in [0, 0.05) is 27.1 Å². The Hall–Kier alpha value is -1.59. The van der Waals surface area contributed by atoms with Gasteiger partial charge >= 0.3 is 0 Å². The highest BCUT2D eigenvalue weighted by atomic mass is 127. The first-order valence-electron chi connectivity index (χ1n) is 7.70. The Balaban J connectivity index is 1.89. The summed E-state index contributed by atoms with van der Waals surface area (Å²) in [5.41, 5.74) is 2.35. The minimum absolute atomic E-state index is 0.0353. The lowest BCUT2D eigenvalue weighted by Crippen LogP contribution is -2.12. The molecule has 0 saturated carbocycles. The maximum atomic E-state index is 12.0. The molecule has 0 fully saturated rings. The molecule has 0 bridgehead atoms. The molecule has 1 aromatic carbocycles. The Morgan fingerprint density at radius 2 is 2.04 bits per heavy atom. The molecule has 4 nitrogen and oxygen atoms in total. The van der Waals surface area contributed by atoms with Crippen LogP contribution in [0.25, 0.3) is 0 Å². The molecule has 0 radical (unpaired) electrons. The first kappa shape index (κ1) is 18.7. The summed E-state index contributed by atoms with van der Waals surface area (Å²) in [6, 6.07) is 13.5. The van der Waals surface area contributed by atoms with Crippen LogP contribution in [-0.4, -0.2) is 16.6 Å². The van der Waals surface area contributed by atoms with Crippen molar-refractivity contribution in [1.82, 2.24) is 4.98 Å². The van der Waals surface area contributed by atoms with E-state index in [9.17, 15) is 10.1 Å². The molecule has 0 aliphatic rings. The summed E-state index contributed by atoms with van der Waals surface area (Å²) < 4.78 is 1.13. The normalized spacial score (nSPS) is 10.2. The summed E-state index contributed by atoms with van der Waals surface area (Å²) in [7, 11) is 0. The van der Waals surface area contributed by atoms with Gasteiger partial charge < -0.3 is 5.32 Å². The zero-order valence-electron chi connectivity index (χ0n) is 13.4. The minimum atomic E-state index is -0.0353. The molecule has 0 aliphatic heterocycles. The number of hydrogen-bond donors (Lipinski definition) is 1. The highest BCUT2D eigenvalue weighted by Crippen LogP contribution is 2.22. The molecule has 0 atom stereocenters. The van der Waals surface area contributed by atoms with Gasteiger partial charge in [-0.1, -0.05) is 13.3 Å². The Kier molecular flexibility index (Phi) is 7.53. The van der Waals surface area contributed by atoms with Crippen molar-refractivity contribution in [2.24, 2.45) is 0 Å². The number of aryl methyl sites for hydroxylation is 1. The van der Waals surface area contributed by atoms with Crippen LogP contribution in [0.2, 0.25) is 0 Å². The quantitative estimate of drug-likeness (QED) is 0.493. The van der Waals surface area contributed by atoms with Crippen LogP contribution < -0.4 is 5.32 Å². The number of anilines is 1. The van der Waals surface area contributed by atoms with Gasteiger partial charge in [-0.15, -0.1) is 11.8 Å². The lowest BCUT2D eigenvalue weighted by atomic mass is 10.2. The summed E-state index contributed by atoms with van der Waals surface area (Å²) >= 11 is 3.68. The summed E-state index contributed by atoms with van der Waals surface area (Å²) in [5.74, 6) is 0.555. The molecule has 2 aromatic rings. The third-order valence-electron chi connectivity index (χ3n) is 3.24. The van der Waals surface area contributed by atoms with E-state index in [-0.39, 0.29) is 5.91 Å². The van der Waals surface area contributed by atoms with E-state index in [1.54, 1.807) is 0 Å². The molecule has 124 valence electrons. The van der Waals surface area contributed by atoms with Crippen molar-refractivity contribution in [2.75, 3.05) is 11.1 Å². The minimum Gasteiger partial charge on any atom is -0.326 e. The molecule has 0 unspecified atom stereocenters. The van der Waals surface area contributed by atoms with Crippen LogP contribution in [0.5, 0.6) is 0 Å². The van der Waals surface area contributed by atoms with Crippen LogP contribution in [0.15, 0.2) is 41.4 Å². The van der Waals surface area contributed by atoms with Gasteiger partial charge in [-0.25, -0.2) is 4.98 Å². The molecule has 2 rings (SSSR count). The number of nitrogens with one attached hydrogen (secondary N) is 1. The molecule has 1 heterocycles. The predicted molar refractivity (Wildman–Crippen MR) is 106 cm³/mol. The van der Waals surface area contributed by atoms with Crippen LogP contribution >= 0.6 is 34.4 Å². The fourth-order valence-electron chi connectivity index (χ4n) is 2.07. The molecule has 1 N–H and O–H groups in total. The third-order valence-corrected chi connectivity index (χ3v) is 4.95. The monoisotopic (exact) mass is 451 g/mol. The molecule has 24 heavy (non-hydrogen) atoms. The van der Waals surface area contributed by atoms with E-state index in [4.69, 9.17) is 0 Å². The van der Waals surface area contributed by atoms with Gasteiger partial charge in [0.2, 0.25) is 5.91 Å². The number of nitriles is 1. The van der Waals surface area contributed by atoms with E-state index in [0.717, 1.165) is 27.8 Å². The molecule has 0 aliphatic carbocycles. The van der Waals surface area contributed by atoms with Gasteiger partial charge in [-0.05, 0) is 65.4 Å². The first-order chi connectivity index (χ1) is 11.6. The SMILES string of the molecule is CCCc1ccc(C#N)c(SCCC(=O)Nc2ccc(I)cc2)n1. The number of nitrogens with zero attached hydrogens (tertiary/aromatic N) is 2. The van der Waals surface area contributed by atoms with Crippen molar-refractivity contribution in [3.05, 3.63) is 51.2 Å². The van der Waals surface area contributed by atoms with Crippen LogP contribution in [0.4, 0.5) is 5.69 Å². The van der Waals surface area contributed by atoms with E-state index in [1.165, 1.54) is 11.8 Å². The Labute approximate surface area is 160 Å². The highest BCUT2D eigenvalue weighted by molar-refractivity contribution is 14.1. The van der Waals surface area contributed by atoms with Crippen LogP contribution in [0.3, 0.4) is 0 Å². The number of hydrogen-bond acceptors (Lipinski definition) is 4. The zero-order chi connectivity index (χ0) is 17.4. The van der Waals surface area contributed by atoms with Crippen molar-refractivity contribution >= 4 is 45.9 Å². The third kappa shape index (κ3) is 5.80. The van der Waals surface area contributed by atoms with Gasteiger partial charge in [0.25, 0.3) is 0 Å². The van der Waals surface area contributed by atoms with Gasteiger partial charge in [-0.2, -0.15) is 5.26 Å². The highest BCUT2D eigenvalue weighted by Gasteiger charge is 2.08. The van der Waals surface area contributed by atoms with Gasteiger partial charge in [-0.3, -0.25) is 4.79 Å². The average Bonchev–Trinajstić information content (AvgIpc) is 2.57. The second-order valence-corrected chi connectivity index (χ2v) is 7.50. The van der Waals surface area contributed by atoms with Crippen molar-refractivity contribution in [2.45, 2.75) is 31.2 Å². The Morgan fingerprint density at radius 1 is 1.29 bits per heavy atom. The smallest absolute Gasteiger partial charge is 0.225 e. The van der Waals surface area contributed by atoms with E-state index < -0.39 is 0 Å². The summed E-state index contributed by atoms with van der Waals surface area (Å²) in [6.07, 6.45) is 2.29. The molecule has 1 aromatic heterocycles. The van der Waals surface area contributed by atoms with E-state index in [2.05, 4.69) is 45.9 Å². The van der Waals surface area contributed by atoms with Gasteiger partial charge in [0.05, 0.1) is 5.56 Å². The van der Waals surface area contributed by atoms with Crippen molar-refractivity contribution < 1.29 is 4.79 Å². The second kappa shape index (κ2) is 9.64. The summed E-state index contributed by atoms with van der Waals surface area (Å²) in [5, 5.41) is 12.8. The largest absolute Gasteiger partial charge is 0.326 e. The number of thioether (sulfide) groups is 1. The molecule has 0 saturated heterocycles. The fourth-order valence-corrected chi connectivity index (χ4v) is 3.36. The fraction of sp³-hybridized carbons (Fsp3) is 0.278. The van der Waals surface area contributed by atoms with E-state index >= 15 is 0 Å². The maximum Gasteiger partial charge on any atom is 0.225 e. The van der Waals surface area contributed by atoms with Gasteiger partial charge in [0.1, 0.15) is 11.1 Å². The summed E-state index contributed by atoms with van der Waals surface area (Å²) in [6.45, 7) is 2.10. The molecule has 0 spiro atoms. The average molecular weight is 451 g/mol. The zero-order valence-corrected chi connectivity index (χ0v) is 16.4. The van der Waals surface area contributed by atoms with Crippen LogP contribution in [0, 0.1) is 14.9 Å². The number of carbonyl (C=O) groups excluding carboxylic acids is 1. The standard InChI is InChI=1S/C18H18IN3OS/c1-2-3-15-7-4-13(12-20)18(22-15)24-11-10-17(23)21-16-8-5-14(19)6-9-16/h4-9H,2-3,10-11H2,1H3,(H,21,23). The maximum absolute atomic E-state index is 12.0. The number of aromatic nitrogens is 1. The van der Waals surface area contributed by atoms with Crippen molar-refractivity contribution in [1.29, 1.82) is 5.26 Å².